The lowest BCUT2D eigenvalue weighted by Crippen LogP contribution is -2.23. The highest BCUT2D eigenvalue weighted by molar-refractivity contribution is 6.32. The van der Waals surface area contributed by atoms with E-state index in [1.165, 1.54) is 7.11 Å². The zero-order valence-electron chi connectivity index (χ0n) is 11.6. The number of halogens is 1. The van der Waals surface area contributed by atoms with Crippen molar-refractivity contribution in [3.05, 3.63) is 64.2 Å². The summed E-state index contributed by atoms with van der Waals surface area (Å²) in [7, 11) is 1.50. The number of carbonyl (C=O) groups is 1. The lowest BCUT2D eigenvalue weighted by molar-refractivity contribution is 0.0950. The van der Waals surface area contributed by atoms with Gasteiger partial charge in [-0.3, -0.25) is 4.79 Å². The predicted molar refractivity (Wildman–Crippen MR) is 81.5 cm³/mol. The van der Waals surface area contributed by atoms with Crippen LogP contribution in [0.1, 0.15) is 21.5 Å². The first kappa shape index (κ1) is 15.4. The molecule has 1 amide bonds. The first-order valence-corrected chi connectivity index (χ1v) is 6.83. The van der Waals surface area contributed by atoms with E-state index in [1.54, 1.807) is 18.2 Å². The van der Waals surface area contributed by atoms with Crippen molar-refractivity contribution in [2.75, 3.05) is 7.11 Å². The first-order chi connectivity index (χ1) is 10.2. The molecule has 2 aromatic rings. The molecule has 0 saturated carbocycles. The molecule has 0 spiro atoms. The number of aliphatic hydroxyl groups is 1. The van der Waals surface area contributed by atoms with Gasteiger partial charge in [0, 0.05) is 12.1 Å². The molecule has 0 aliphatic heterocycles. The molecule has 0 aliphatic rings. The molecule has 0 bridgehead atoms. The molecule has 5 heteroatoms. The fraction of sp³-hybridized carbons (Fsp3) is 0.188. The van der Waals surface area contributed by atoms with Gasteiger partial charge in [0.05, 0.1) is 18.7 Å². The number of benzene rings is 2. The molecule has 2 rings (SSSR count). The lowest BCUT2D eigenvalue weighted by atomic mass is 10.1. The van der Waals surface area contributed by atoms with E-state index in [0.29, 0.717) is 22.9 Å². The van der Waals surface area contributed by atoms with E-state index in [1.807, 2.05) is 24.3 Å². The van der Waals surface area contributed by atoms with E-state index in [4.69, 9.17) is 16.3 Å². The Bertz CT molecular complexity index is 643. The van der Waals surface area contributed by atoms with Gasteiger partial charge < -0.3 is 15.2 Å². The van der Waals surface area contributed by atoms with Crippen molar-refractivity contribution < 1.29 is 14.6 Å². The summed E-state index contributed by atoms with van der Waals surface area (Å²) in [6.45, 7) is 0.293. The van der Waals surface area contributed by atoms with Crippen LogP contribution in [-0.2, 0) is 13.2 Å². The second-order valence-electron chi connectivity index (χ2n) is 4.46. The molecule has 21 heavy (non-hydrogen) atoms. The summed E-state index contributed by atoms with van der Waals surface area (Å²) in [4.78, 5) is 12.1. The van der Waals surface area contributed by atoms with Gasteiger partial charge in [-0.05, 0) is 29.3 Å². The number of aliphatic hydroxyl groups excluding tert-OH is 1. The summed E-state index contributed by atoms with van der Waals surface area (Å²) in [5, 5.41) is 12.5. The van der Waals surface area contributed by atoms with Gasteiger partial charge in [-0.25, -0.2) is 0 Å². The lowest BCUT2D eigenvalue weighted by Gasteiger charge is -2.10. The van der Waals surface area contributed by atoms with Gasteiger partial charge in [0.1, 0.15) is 5.75 Å². The number of hydrogen-bond acceptors (Lipinski definition) is 3. The highest BCUT2D eigenvalue weighted by Gasteiger charge is 2.10. The van der Waals surface area contributed by atoms with Crippen molar-refractivity contribution >= 4 is 17.5 Å². The van der Waals surface area contributed by atoms with E-state index in [-0.39, 0.29) is 12.5 Å². The van der Waals surface area contributed by atoms with Crippen molar-refractivity contribution in [1.82, 2.24) is 5.32 Å². The molecule has 0 heterocycles. The summed E-state index contributed by atoms with van der Waals surface area (Å²) >= 11 is 5.93. The third kappa shape index (κ3) is 3.74. The van der Waals surface area contributed by atoms with Gasteiger partial charge in [-0.15, -0.1) is 0 Å². The SMILES string of the molecule is COc1cc(C(=O)NCc2ccccc2CO)ccc1Cl. The standard InChI is InChI=1S/C16H16ClNO3/c1-21-15-8-11(6-7-14(15)17)16(20)18-9-12-4-2-3-5-13(12)10-19/h2-8,19H,9-10H2,1H3,(H,18,20). The molecule has 0 fully saturated rings. The number of hydrogen-bond donors (Lipinski definition) is 2. The normalized spacial score (nSPS) is 10.2. The Balaban J connectivity index is 2.08. The molecule has 2 aromatic carbocycles. The Kier molecular flexibility index (Phi) is 5.20. The summed E-state index contributed by atoms with van der Waals surface area (Å²) in [6, 6.07) is 12.3. The molecule has 0 saturated heterocycles. The topological polar surface area (TPSA) is 58.6 Å². The van der Waals surface area contributed by atoms with E-state index >= 15 is 0 Å². The Morgan fingerprint density at radius 1 is 1.24 bits per heavy atom. The van der Waals surface area contributed by atoms with Crippen molar-refractivity contribution in [3.8, 4) is 5.75 Å². The number of rotatable bonds is 5. The van der Waals surface area contributed by atoms with Crippen LogP contribution < -0.4 is 10.1 Å². The second-order valence-corrected chi connectivity index (χ2v) is 4.87. The Morgan fingerprint density at radius 3 is 2.62 bits per heavy atom. The van der Waals surface area contributed by atoms with Crippen LogP contribution in [0.2, 0.25) is 5.02 Å². The second kappa shape index (κ2) is 7.11. The van der Waals surface area contributed by atoms with Crippen LogP contribution in [0.4, 0.5) is 0 Å². The molecule has 0 aliphatic carbocycles. The Labute approximate surface area is 128 Å². The highest BCUT2D eigenvalue weighted by Crippen LogP contribution is 2.25. The van der Waals surface area contributed by atoms with Crippen LogP contribution in [0.15, 0.2) is 42.5 Å². The minimum absolute atomic E-state index is 0.0548. The van der Waals surface area contributed by atoms with Gasteiger partial charge in [0.15, 0.2) is 0 Å². The van der Waals surface area contributed by atoms with Crippen molar-refractivity contribution in [2.45, 2.75) is 13.2 Å². The number of amides is 1. The largest absolute Gasteiger partial charge is 0.495 e. The Morgan fingerprint density at radius 2 is 1.95 bits per heavy atom. The average molecular weight is 306 g/mol. The summed E-state index contributed by atoms with van der Waals surface area (Å²) < 4.78 is 5.09. The highest BCUT2D eigenvalue weighted by atomic mass is 35.5. The third-order valence-corrected chi connectivity index (χ3v) is 3.45. The fourth-order valence-corrected chi connectivity index (χ4v) is 2.16. The van der Waals surface area contributed by atoms with E-state index < -0.39 is 0 Å². The van der Waals surface area contributed by atoms with Gasteiger partial charge in [0.25, 0.3) is 5.91 Å². The maximum Gasteiger partial charge on any atom is 0.251 e. The smallest absolute Gasteiger partial charge is 0.251 e. The molecular formula is C16H16ClNO3. The van der Waals surface area contributed by atoms with Crippen LogP contribution in [0.25, 0.3) is 0 Å². The van der Waals surface area contributed by atoms with Crippen molar-refractivity contribution in [2.24, 2.45) is 0 Å². The molecule has 0 radical (unpaired) electrons. The van der Waals surface area contributed by atoms with Crippen LogP contribution >= 0.6 is 11.6 Å². The van der Waals surface area contributed by atoms with Crippen molar-refractivity contribution in [1.29, 1.82) is 0 Å². The third-order valence-electron chi connectivity index (χ3n) is 3.14. The predicted octanol–water partition coefficient (Wildman–Crippen LogP) is 2.77. The average Bonchev–Trinajstić information content (AvgIpc) is 2.53. The van der Waals surface area contributed by atoms with Crippen LogP contribution in [0, 0.1) is 0 Å². The van der Waals surface area contributed by atoms with Crippen LogP contribution in [0.5, 0.6) is 5.75 Å². The van der Waals surface area contributed by atoms with E-state index in [9.17, 15) is 9.90 Å². The molecular weight excluding hydrogens is 290 g/mol. The number of nitrogens with one attached hydrogen (secondary N) is 1. The number of carbonyl (C=O) groups excluding carboxylic acids is 1. The minimum atomic E-state index is -0.224. The minimum Gasteiger partial charge on any atom is -0.495 e. The quantitative estimate of drug-likeness (QED) is 0.893. The summed E-state index contributed by atoms with van der Waals surface area (Å²) in [5.74, 6) is 0.234. The van der Waals surface area contributed by atoms with Crippen LogP contribution in [0.3, 0.4) is 0 Å². The van der Waals surface area contributed by atoms with Gasteiger partial charge >= 0.3 is 0 Å². The van der Waals surface area contributed by atoms with Crippen molar-refractivity contribution in [3.63, 3.8) is 0 Å². The molecule has 0 aromatic heterocycles. The van der Waals surface area contributed by atoms with Crippen LogP contribution in [-0.4, -0.2) is 18.1 Å². The number of ether oxygens (including phenoxy) is 1. The van der Waals surface area contributed by atoms with E-state index in [0.717, 1.165) is 11.1 Å². The zero-order chi connectivity index (χ0) is 15.2. The molecule has 110 valence electrons. The molecule has 0 atom stereocenters. The maximum atomic E-state index is 12.1. The van der Waals surface area contributed by atoms with E-state index in [2.05, 4.69) is 5.32 Å². The zero-order valence-corrected chi connectivity index (χ0v) is 12.4. The molecule has 2 N–H and O–H groups in total. The molecule has 4 nitrogen and oxygen atoms in total. The Hall–Kier alpha value is -2.04. The van der Waals surface area contributed by atoms with Gasteiger partial charge in [-0.1, -0.05) is 35.9 Å². The first-order valence-electron chi connectivity index (χ1n) is 6.45. The number of methoxy groups -OCH3 is 1. The van der Waals surface area contributed by atoms with Gasteiger partial charge in [-0.2, -0.15) is 0 Å². The monoisotopic (exact) mass is 305 g/mol. The summed E-state index contributed by atoms with van der Waals surface area (Å²) in [6.07, 6.45) is 0. The molecule has 0 unspecified atom stereocenters. The summed E-state index contributed by atoms with van der Waals surface area (Å²) in [5.41, 5.74) is 2.15. The maximum absolute atomic E-state index is 12.1. The fourth-order valence-electron chi connectivity index (χ4n) is 1.96. The van der Waals surface area contributed by atoms with Gasteiger partial charge in [0.2, 0.25) is 0 Å².